The van der Waals surface area contributed by atoms with Crippen molar-refractivity contribution in [2.45, 2.75) is 19.5 Å². The Hall–Kier alpha value is -3.68. The van der Waals surface area contributed by atoms with Gasteiger partial charge in [0.25, 0.3) is 5.91 Å². The van der Waals surface area contributed by atoms with E-state index in [1.54, 1.807) is 29.6 Å². The van der Waals surface area contributed by atoms with Crippen LogP contribution in [0.5, 0.6) is 6.01 Å². The standard InChI is InChI=1S/C21H19N5O3/c1-14-17-5-2-3-6-18(17)29-19(14)20(27)25-11-15-7-10-24-26(15)16(12-25)13-28-21-22-8-4-9-23-21/h2-10,16H,11-13H2,1H3/t16-/m0/s1. The van der Waals surface area contributed by atoms with Crippen molar-refractivity contribution in [2.24, 2.45) is 0 Å². The molecule has 1 aliphatic rings. The minimum absolute atomic E-state index is 0.132. The number of benzene rings is 1. The van der Waals surface area contributed by atoms with Gasteiger partial charge in [-0.2, -0.15) is 5.10 Å². The van der Waals surface area contributed by atoms with Crippen LogP contribution in [0.15, 0.2) is 59.4 Å². The van der Waals surface area contributed by atoms with Crippen molar-refractivity contribution in [3.8, 4) is 6.01 Å². The topological polar surface area (TPSA) is 86.3 Å². The summed E-state index contributed by atoms with van der Waals surface area (Å²) in [5.74, 6) is 0.248. The highest BCUT2D eigenvalue weighted by molar-refractivity contribution is 5.98. The second-order valence-corrected chi connectivity index (χ2v) is 7.00. The lowest BCUT2D eigenvalue weighted by molar-refractivity contribution is 0.0599. The number of amides is 1. The first kappa shape index (κ1) is 17.4. The number of carbonyl (C=O) groups excluding carboxylic acids is 1. The maximum atomic E-state index is 13.3. The van der Waals surface area contributed by atoms with Crippen molar-refractivity contribution in [1.29, 1.82) is 0 Å². The monoisotopic (exact) mass is 389 g/mol. The number of ether oxygens (including phenoxy) is 1. The smallest absolute Gasteiger partial charge is 0.316 e. The zero-order valence-electron chi connectivity index (χ0n) is 15.9. The molecule has 1 aliphatic heterocycles. The van der Waals surface area contributed by atoms with Crippen molar-refractivity contribution in [1.82, 2.24) is 24.6 Å². The zero-order valence-corrected chi connectivity index (χ0v) is 15.9. The predicted molar refractivity (Wildman–Crippen MR) is 104 cm³/mol. The van der Waals surface area contributed by atoms with Crippen LogP contribution in [0.4, 0.5) is 0 Å². The van der Waals surface area contributed by atoms with E-state index in [4.69, 9.17) is 9.15 Å². The number of para-hydroxylation sites is 1. The number of carbonyl (C=O) groups is 1. The summed E-state index contributed by atoms with van der Waals surface area (Å²) in [5, 5.41) is 5.36. The van der Waals surface area contributed by atoms with E-state index >= 15 is 0 Å². The Morgan fingerprint density at radius 2 is 2.00 bits per heavy atom. The van der Waals surface area contributed by atoms with Crippen molar-refractivity contribution >= 4 is 16.9 Å². The molecule has 0 fully saturated rings. The molecular formula is C21H19N5O3. The number of nitrogens with zero attached hydrogens (tertiary/aromatic N) is 5. The largest absolute Gasteiger partial charge is 0.461 e. The zero-order chi connectivity index (χ0) is 19.8. The fourth-order valence-electron chi connectivity index (χ4n) is 3.72. The summed E-state index contributed by atoms with van der Waals surface area (Å²) in [6.07, 6.45) is 4.99. The van der Waals surface area contributed by atoms with Crippen molar-refractivity contribution < 1.29 is 13.9 Å². The van der Waals surface area contributed by atoms with Gasteiger partial charge in [0.1, 0.15) is 18.2 Å². The Morgan fingerprint density at radius 3 is 2.83 bits per heavy atom. The highest BCUT2D eigenvalue weighted by Gasteiger charge is 2.32. The Morgan fingerprint density at radius 1 is 1.17 bits per heavy atom. The molecule has 0 bridgehead atoms. The van der Waals surface area contributed by atoms with Gasteiger partial charge in [0.2, 0.25) is 0 Å². The van der Waals surface area contributed by atoms with E-state index in [0.717, 1.165) is 22.2 Å². The number of rotatable bonds is 4. The van der Waals surface area contributed by atoms with Gasteiger partial charge in [-0.3, -0.25) is 9.48 Å². The lowest BCUT2D eigenvalue weighted by Crippen LogP contribution is -2.43. The molecule has 1 atom stereocenters. The minimum atomic E-state index is -0.147. The Balaban J connectivity index is 1.40. The first-order valence-corrected chi connectivity index (χ1v) is 9.40. The maximum absolute atomic E-state index is 13.3. The van der Waals surface area contributed by atoms with Crippen LogP contribution in [0.2, 0.25) is 0 Å². The van der Waals surface area contributed by atoms with E-state index in [1.807, 2.05) is 41.9 Å². The van der Waals surface area contributed by atoms with Gasteiger partial charge in [0.15, 0.2) is 5.76 Å². The number of furan rings is 1. The molecule has 0 aliphatic carbocycles. The maximum Gasteiger partial charge on any atom is 0.316 e. The van der Waals surface area contributed by atoms with Gasteiger partial charge >= 0.3 is 6.01 Å². The number of aryl methyl sites for hydroxylation is 1. The normalized spacial score (nSPS) is 16.0. The summed E-state index contributed by atoms with van der Waals surface area (Å²) >= 11 is 0. The van der Waals surface area contributed by atoms with Gasteiger partial charge in [-0.05, 0) is 25.1 Å². The van der Waals surface area contributed by atoms with Gasteiger partial charge < -0.3 is 14.1 Å². The van der Waals surface area contributed by atoms with E-state index in [1.165, 1.54) is 0 Å². The third-order valence-electron chi connectivity index (χ3n) is 5.15. The molecule has 0 saturated carbocycles. The summed E-state index contributed by atoms with van der Waals surface area (Å²) in [4.78, 5) is 23.2. The van der Waals surface area contributed by atoms with Crippen LogP contribution in [-0.4, -0.2) is 43.7 Å². The Kier molecular flexibility index (Phi) is 4.23. The minimum Gasteiger partial charge on any atom is -0.461 e. The van der Waals surface area contributed by atoms with Gasteiger partial charge in [-0.15, -0.1) is 0 Å². The van der Waals surface area contributed by atoms with Gasteiger partial charge in [-0.25, -0.2) is 9.97 Å². The van der Waals surface area contributed by atoms with Crippen LogP contribution in [0, 0.1) is 6.92 Å². The van der Waals surface area contributed by atoms with Crippen LogP contribution in [0.1, 0.15) is 27.9 Å². The van der Waals surface area contributed by atoms with Crippen molar-refractivity contribution in [2.75, 3.05) is 13.2 Å². The average molecular weight is 389 g/mol. The van der Waals surface area contributed by atoms with E-state index in [2.05, 4.69) is 15.1 Å². The highest BCUT2D eigenvalue weighted by Crippen LogP contribution is 2.28. The molecular weight excluding hydrogens is 370 g/mol. The molecule has 1 aromatic carbocycles. The van der Waals surface area contributed by atoms with E-state index in [9.17, 15) is 4.79 Å². The fourth-order valence-corrected chi connectivity index (χ4v) is 3.72. The third kappa shape index (κ3) is 3.12. The van der Waals surface area contributed by atoms with Crippen molar-refractivity contribution in [3.63, 3.8) is 0 Å². The summed E-state index contributed by atoms with van der Waals surface area (Å²) < 4.78 is 13.5. The molecule has 4 aromatic rings. The fraction of sp³-hybridized carbons (Fsp3) is 0.238. The summed E-state index contributed by atoms with van der Waals surface area (Å²) in [6.45, 7) is 3.15. The average Bonchev–Trinajstić information content (AvgIpc) is 3.37. The first-order chi connectivity index (χ1) is 14.2. The highest BCUT2D eigenvalue weighted by atomic mass is 16.5. The molecule has 5 rings (SSSR count). The molecule has 8 nitrogen and oxygen atoms in total. The van der Waals surface area contributed by atoms with E-state index in [-0.39, 0.29) is 11.9 Å². The molecule has 1 amide bonds. The lowest BCUT2D eigenvalue weighted by atomic mass is 10.1. The molecule has 146 valence electrons. The molecule has 0 saturated heterocycles. The summed E-state index contributed by atoms with van der Waals surface area (Å²) in [7, 11) is 0. The number of hydrogen-bond donors (Lipinski definition) is 0. The molecule has 29 heavy (non-hydrogen) atoms. The summed E-state index contributed by atoms with van der Waals surface area (Å²) in [5.41, 5.74) is 2.52. The Bertz CT molecular complexity index is 1170. The summed E-state index contributed by atoms with van der Waals surface area (Å²) in [6, 6.07) is 11.5. The van der Waals surface area contributed by atoms with Crippen LogP contribution < -0.4 is 4.74 Å². The van der Waals surface area contributed by atoms with Gasteiger partial charge in [0, 0.05) is 36.1 Å². The quantitative estimate of drug-likeness (QED) is 0.533. The molecule has 8 heteroatoms. The third-order valence-corrected chi connectivity index (χ3v) is 5.15. The molecule has 0 unspecified atom stereocenters. The first-order valence-electron chi connectivity index (χ1n) is 9.40. The molecule has 4 heterocycles. The Labute approximate surface area is 166 Å². The van der Waals surface area contributed by atoms with Crippen LogP contribution >= 0.6 is 0 Å². The van der Waals surface area contributed by atoms with E-state index in [0.29, 0.717) is 31.5 Å². The van der Waals surface area contributed by atoms with Gasteiger partial charge in [0.05, 0.1) is 12.2 Å². The second-order valence-electron chi connectivity index (χ2n) is 7.00. The predicted octanol–water partition coefficient (Wildman–Crippen LogP) is 3.00. The second kappa shape index (κ2) is 7.05. The van der Waals surface area contributed by atoms with Crippen LogP contribution in [-0.2, 0) is 6.54 Å². The molecule has 3 aromatic heterocycles. The van der Waals surface area contributed by atoms with Crippen LogP contribution in [0.25, 0.3) is 11.0 Å². The van der Waals surface area contributed by atoms with Gasteiger partial charge in [-0.1, -0.05) is 18.2 Å². The van der Waals surface area contributed by atoms with Crippen LogP contribution in [0.3, 0.4) is 0 Å². The van der Waals surface area contributed by atoms with Crippen molar-refractivity contribution in [3.05, 3.63) is 72.0 Å². The van der Waals surface area contributed by atoms with E-state index < -0.39 is 0 Å². The lowest BCUT2D eigenvalue weighted by Gasteiger charge is -2.33. The molecule has 0 N–H and O–H groups in total. The number of fused-ring (bicyclic) bond motifs is 2. The number of hydrogen-bond acceptors (Lipinski definition) is 6. The molecule has 0 spiro atoms. The number of aromatic nitrogens is 4. The molecule has 0 radical (unpaired) electrons. The SMILES string of the molecule is Cc1c(C(=O)N2Cc3ccnn3[C@H](COc3ncccn3)C2)oc2ccccc12.